The first-order valence-corrected chi connectivity index (χ1v) is 3.80. The zero-order chi connectivity index (χ0) is 10.6. The molecule has 0 amide bonds. The Morgan fingerprint density at radius 3 is 2.08 bits per heavy atom. The largest absolute Gasteiger partial charge is 0.475 e. The van der Waals surface area contributed by atoms with Crippen LogP contribution in [0.2, 0.25) is 0 Å². The van der Waals surface area contributed by atoms with E-state index >= 15 is 0 Å². The van der Waals surface area contributed by atoms with Crippen molar-refractivity contribution in [1.29, 1.82) is 0 Å². The number of carbonyl (C=O) groups is 3. The molecule has 74 valence electrons. The van der Waals surface area contributed by atoms with Crippen LogP contribution in [-0.4, -0.2) is 28.4 Å². The van der Waals surface area contributed by atoms with Crippen molar-refractivity contribution in [1.82, 2.24) is 0 Å². The highest BCUT2D eigenvalue weighted by Gasteiger charge is 2.29. The minimum atomic E-state index is -1.79. The van der Waals surface area contributed by atoms with Crippen molar-refractivity contribution in [3.05, 3.63) is 0 Å². The summed E-state index contributed by atoms with van der Waals surface area (Å²) in [5, 5.41) is 8.17. The van der Waals surface area contributed by atoms with Crippen LogP contribution in [0.4, 0.5) is 0 Å². The Morgan fingerprint density at radius 1 is 1.31 bits per heavy atom. The first-order chi connectivity index (χ1) is 5.80. The van der Waals surface area contributed by atoms with Crippen LogP contribution < -0.4 is 0 Å². The number of rotatable bonds is 4. The van der Waals surface area contributed by atoms with Gasteiger partial charge < -0.3 is 9.84 Å². The van der Waals surface area contributed by atoms with E-state index in [1.54, 1.807) is 20.8 Å². The van der Waals surface area contributed by atoms with E-state index in [2.05, 4.69) is 4.74 Å². The lowest BCUT2D eigenvalue weighted by Gasteiger charge is -2.21. The quantitative estimate of drug-likeness (QED) is 0.391. The van der Waals surface area contributed by atoms with Crippen LogP contribution in [0.5, 0.6) is 0 Å². The first kappa shape index (κ1) is 11.6. The maximum Gasteiger partial charge on any atom is 0.387 e. The molecule has 0 aliphatic heterocycles. The van der Waals surface area contributed by atoms with E-state index in [0.717, 1.165) is 0 Å². The molecule has 0 saturated heterocycles. The number of carbonyl (C=O) groups excluding carboxylic acids is 2. The monoisotopic (exact) mass is 188 g/mol. The fourth-order valence-corrected chi connectivity index (χ4v) is 0.457. The van der Waals surface area contributed by atoms with Gasteiger partial charge in [0.2, 0.25) is 0 Å². The Kier molecular flexibility index (Phi) is 3.59. The maximum atomic E-state index is 10.8. The van der Waals surface area contributed by atoms with Gasteiger partial charge in [-0.3, -0.25) is 4.79 Å². The average molecular weight is 188 g/mol. The van der Waals surface area contributed by atoms with E-state index in [1.165, 1.54) is 0 Å². The number of carboxylic acids is 1. The molecule has 13 heavy (non-hydrogen) atoms. The lowest BCUT2D eigenvalue weighted by Crippen LogP contribution is -2.34. The summed E-state index contributed by atoms with van der Waals surface area (Å²) >= 11 is 0. The molecule has 0 bridgehead atoms. The van der Waals surface area contributed by atoms with Crippen molar-refractivity contribution in [2.45, 2.75) is 32.8 Å². The Hall–Kier alpha value is -1.39. The van der Waals surface area contributed by atoms with E-state index in [-0.39, 0.29) is 0 Å². The van der Waals surface area contributed by atoms with E-state index in [0.29, 0.717) is 6.42 Å². The second-order valence-electron chi connectivity index (χ2n) is 3.14. The second kappa shape index (κ2) is 4.02. The van der Waals surface area contributed by atoms with E-state index < -0.39 is 23.3 Å². The van der Waals surface area contributed by atoms with Crippen LogP contribution in [0.1, 0.15) is 27.2 Å². The number of ketones is 1. The molecule has 0 aliphatic carbocycles. The van der Waals surface area contributed by atoms with Crippen molar-refractivity contribution in [2.75, 3.05) is 0 Å². The predicted octanol–water partition coefficient (Wildman–Crippen LogP) is 0.372. The summed E-state index contributed by atoms with van der Waals surface area (Å²) in [6.07, 6.45) is 0.506. The van der Waals surface area contributed by atoms with Gasteiger partial charge >= 0.3 is 17.7 Å². The summed E-state index contributed by atoms with van der Waals surface area (Å²) in [5.41, 5.74) is -0.803. The first-order valence-electron chi connectivity index (χ1n) is 3.80. The molecule has 0 fully saturated rings. The molecule has 1 N–H and O–H groups in total. The molecule has 0 radical (unpaired) electrons. The number of hydrogen-bond donors (Lipinski definition) is 1. The molecule has 0 rings (SSSR count). The van der Waals surface area contributed by atoms with Crippen LogP contribution in [0, 0.1) is 0 Å². The zero-order valence-corrected chi connectivity index (χ0v) is 7.79. The van der Waals surface area contributed by atoms with Gasteiger partial charge in [0, 0.05) is 0 Å². The maximum absolute atomic E-state index is 10.8. The molecule has 5 heteroatoms. The highest BCUT2D eigenvalue weighted by Crippen LogP contribution is 2.13. The Labute approximate surface area is 75.7 Å². The number of carboxylic acid groups (broad SMARTS) is 1. The molecule has 5 nitrogen and oxygen atoms in total. The van der Waals surface area contributed by atoms with Crippen LogP contribution in [-0.2, 0) is 19.1 Å². The van der Waals surface area contributed by atoms with Crippen molar-refractivity contribution < 1.29 is 24.2 Å². The summed E-state index contributed by atoms with van der Waals surface area (Å²) in [4.78, 5) is 31.4. The Morgan fingerprint density at radius 2 is 1.77 bits per heavy atom. The van der Waals surface area contributed by atoms with E-state index in [1.807, 2.05) is 0 Å². The van der Waals surface area contributed by atoms with Crippen molar-refractivity contribution in [3.8, 4) is 0 Å². The fraction of sp³-hybridized carbons (Fsp3) is 0.625. The number of aliphatic carboxylic acids is 1. The Bertz CT molecular complexity index is 241. The van der Waals surface area contributed by atoms with Gasteiger partial charge in [0.25, 0.3) is 0 Å². The van der Waals surface area contributed by atoms with Gasteiger partial charge in [0.15, 0.2) is 0 Å². The normalized spacial score (nSPS) is 10.7. The van der Waals surface area contributed by atoms with Crippen molar-refractivity contribution in [2.24, 2.45) is 0 Å². The molecule has 0 atom stereocenters. The second-order valence-corrected chi connectivity index (χ2v) is 3.14. The highest BCUT2D eigenvalue weighted by molar-refractivity contribution is 6.59. The molecule has 0 spiro atoms. The van der Waals surface area contributed by atoms with Crippen LogP contribution >= 0.6 is 0 Å². The predicted molar refractivity (Wildman–Crippen MR) is 43.1 cm³/mol. The van der Waals surface area contributed by atoms with E-state index in [9.17, 15) is 14.4 Å². The molecule has 0 aromatic carbocycles. The number of Topliss-reactive ketones (excluding diaryl/α,β-unsaturated/α-hetero) is 1. The SMILES string of the molecule is CCC(C)(C)OC(=O)C(=O)C(=O)O. The summed E-state index contributed by atoms with van der Waals surface area (Å²) < 4.78 is 4.64. The molecule has 0 aromatic heterocycles. The van der Waals surface area contributed by atoms with Crippen LogP contribution in [0.15, 0.2) is 0 Å². The van der Waals surface area contributed by atoms with Gasteiger partial charge in [-0.05, 0) is 20.3 Å². The van der Waals surface area contributed by atoms with Crippen molar-refractivity contribution >= 4 is 17.7 Å². The average Bonchev–Trinajstić information content (AvgIpc) is 2.02. The minimum Gasteiger partial charge on any atom is -0.475 e. The smallest absolute Gasteiger partial charge is 0.387 e. The summed E-state index contributed by atoms with van der Waals surface area (Å²) in [7, 11) is 0. The standard InChI is InChI=1S/C8H12O5/c1-4-8(2,3)13-7(12)5(9)6(10)11/h4H2,1-3H3,(H,10,11). The fourth-order valence-electron chi connectivity index (χ4n) is 0.457. The lowest BCUT2D eigenvalue weighted by molar-refractivity contribution is -0.168. The molecule has 0 saturated carbocycles. The highest BCUT2D eigenvalue weighted by atomic mass is 16.6. The number of ether oxygens (including phenoxy) is 1. The van der Waals surface area contributed by atoms with Crippen molar-refractivity contribution in [3.63, 3.8) is 0 Å². The molecule has 0 aromatic rings. The molecule has 0 heterocycles. The molecular weight excluding hydrogens is 176 g/mol. The number of hydrogen-bond acceptors (Lipinski definition) is 4. The van der Waals surface area contributed by atoms with Crippen LogP contribution in [0.3, 0.4) is 0 Å². The third-order valence-electron chi connectivity index (χ3n) is 1.60. The minimum absolute atomic E-state index is 0.506. The van der Waals surface area contributed by atoms with Gasteiger partial charge in [-0.2, -0.15) is 0 Å². The lowest BCUT2D eigenvalue weighted by atomic mass is 10.1. The third-order valence-corrected chi connectivity index (χ3v) is 1.60. The van der Waals surface area contributed by atoms with Gasteiger partial charge in [-0.25, -0.2) is 9.59 Å². The van der Waals surface area contributed by atoms with Gasteiger partial charge in [0.1, 0.15) is 5.60 Å². The summed E-state index contributed by atoms with van der Waals surface area (Å²) in [5.74, 6) is -4.65. The summed E-state index contributed by atoms with van der Waals surface area (Å²) in [6.45, 7) is 4.96. The zero-order valence-electron chi connectivity index (χ0n) is 7.79. The Balaban J connectivity index is 4.32. The summed E-state index contributed by atoms with van der Waals surface area (Å²) in [6, 6.07) is 0. The van der Waals surface area contributed by atoms with Gasteiger partial charge in [-0.15, -0.1) is 0 Å². The third kappa shape index (κ3) is 3.68. The van der Waals surface area contributed by atoms with Crippen LogP contribution in [0.25, 0.3) is 0 Å². The topological polar surface area (TPSA) is 80.7 Å². The molecule has 0 unspecified atom stereocenters. The van der Waals surface area contributed by atoms with E-state index in [4.69, 9.17) is 5.11 Å². The molecular formula is C8H12O5. The van der Waals surface area contributed by atoms with Gasteiger partial charge in [0.05, 0.1) is 0 Å². The number of esters is 1. The van der Waals surface area contributed by atoms with Gasteiger partial charge in [-0.1, -0.05) is 6.92 Å². The molecule has 0 aliphatic rings.